The summed E-state index contributed by atoms with van der Waals surface area (Å²) in [5, 5.41) is 9.06. The number of hydrogen-bond donors (Lipinski definition) is 3. The zero-order valence-electron chi connectivity index (χ0n) is 13.2. The molecule has 0 unspecified atom stereocenters. The minimum Gasteiger partial charge on any atom is -0.375 e. The monoisotopic (exact) mass is 365 g/mol. The standard InChI is InChI=1S/C17H17Cl2N3O2/c1-10-3-6-14(13(19)7-10)22-16(23)9-21-15-8-11(17(24)20-2)4-5-12(15)18/h3-8,21H,9H2,1-2H3,(H,20,24)(H,22,23). The van der Waals surface area contributed by atoms with Gasteiger partial charge in [0.25, 0.3) is 5.91 Å². The lowest BCUT2D eigenvalue weighted by Gasteiger charge is -2.11. The van der Waals surface area contributed by atoms with E-state index in [0.29, 0.717) is 27.0 Å². The predicted octanol–water partition coefficient (Wildman–Crippen LogP) is 3.71. The molecule has 3 N–H and O–H groups in total. The number of aryl methyl sites for hydroxylation is 1. The number of amides is 2. The van der Waals surface area contributed by atoms with E-state index in [4.69, 9.17) is 23.2 Å². The van der Waals surface area contributed by atoms with Crippen molar-refractivity contribution in [2.45, 2.75) is 6.92 Å². The SMILES string of the molecule is CNC(=O)c1ccc(Cl)c(NCC(=O)Nc2ccc(C)cc2Cl)c1. The number of benzene rings is 2. The molecule has 0 aliphatic carbocycles. The Hall–Kier alpha value is -2.24. The molecule has 2 rings (SSSR count). The summed E-state index contributed by atoms with van der Waals surface area (Å²) >= 11 is 12.2. The van der Waals surface area contributed by atoms with Gasteiger partial charge in [0.15, 0.2) is 0 Å². The van der Waals surface area contributed by atoms with Crippen molar-refractivity contribution in [3.05, 3.63) is 57.6 Å². The summed E-state index contributed by atoms with van der Waals surface area (Å²) in [4.78, 5) is 23.7. The van der Waals surface area contributed by atoms with E-state index in [0.717, 1.165) is 5.56 Å². The molecular weight excluding hydrogens is 349 g/mol. The molecule has 7 heteroatoms. The van der Waals surface area contributed by atoms with E-state index in [1.807, 2.05) is 13.0 Å². The average molecular weight is 366 g/mol. The molecule has 2 aromatic rings. The lowest BCUT2D eigenvalue weighted by Crippen LogP contribution is -2.22. The highest BCUT2D eigenvalue weighted by molar-refractivity contribution is 6.34. The second-order valence-corrected chi connectivity index (χ2v) is 5.97. The first kappa shape index (κ1) is 18.1. The second kappa shape index (κ2) is 8.04. The molecule has 0 heterocycles. The molecule has 0 radical (unpaired) electrons. The smallest absolute Gasteiger partial charge is 0.251 e. The first-order valence-electron chi connectivity index (χ1n) is 7.22. The third kappa shape index (κ3) is 4.63. The maximum absolute atomic E-state index is 12.1. The number of anilines is 2. The van der Waals surface area contributed by atoms with Crippen LogP contribution < -0.4 is 16.0 Å². The van der Waals surface area contributed by atoms with E-state index in [1.54, 1.807) is 37.4 Å². The molecule has 0 spiro atoms. The van der Waals surface area contributed by atoms with Gasteiger partial charge in [-0.2, -0.15) is 0 Å². The maximum atomic E-state index is 12.1. The summed E-state index contributed by atoms with van der Waals surface area (Å²) in [5.74, 6) is -0.507. The predicted molar refractivity (Wildman–Crippen MR) is 98.2 cm³/mol. The van der Waals surface area contributed by atoms with Crippen LogP contribution in [-0.4, -0.2) is 25.4 Å². The van der Waals surface area contributed by atoms with Gasteiger partial charge in [-0.15, -0.1) is 0 Å². The molecule has 0 saturated heterocycles. The van der Waals surface area contributed by atoms with Crippen molar-refractivity contribution >= 4 is 46.4 Å². The van der Waals surface area contributed by atoms with Crippen LogP contribution in [-0.2, 0) is 4.79 Å². The quantitative estimate of drug-likeness (QED) is 0.756. The molecule has 24 heavy (non-hydrogen) atoms. The fourth-order valence-corrected chi connectivity index (χ4v) is 2.50. The van der Waals surface area contributed by atoms with Crippen molar-refractivity contribution in [1.29, 1.82) is 0 Å². The highest BCUT2D eigenvalue weighted by Crippen LogP contribution is 2.24. The number of carbonyl (C=O) groups excluding carboxylic acids is 2. The summed E-state index contributed by atoms with van der Waals surface area (Å²) in [6.45, 7) is 1.90. The molecule has 0 aliphatic rings. The van der Waals surface area contributed by atoms with Gasteiger partial charge in [0.05, 0.1) is 28.0 Å². The van der Waals surface area contributed by atoms with Crippen LogP contribution in [0.1, 0.15) is 15.9 Å². The third-order valence-corrected chi connectivity index (χ3v) is 3.94. The lowest BCUT2D eigenvalue weighted by molar-refractivity contribution is -0.114. The highest BCUT2D eigenvalue weighted by atomic mass is 35.5. The van der Waals surface area contributed by atoms with E-state index in [2.05, 4.69) is 16.0 Å². The number of carbonyl (C=O) groups is 2. The van der Waals surface area contributed by atoms with Gasteiger partial charge in [-0.25, -0.2) is 0 Å². The van der Waals surface area contributed by atoms with Gasteiger partial charge in [-0.05, 0) is 42.8 Å². The number of nitrogens with one attached hydrogen (secondary N) is 3. The molecule has 2 amide bonds. The minimum absolute atomic E-state index is 0.0128. The molecule has 0 aliphatic heterocycles. The van der Waals surface area contributed by atoms with Crippen molar-refractivity contribution in [1.82, 2.24) is 5.32 Å². The Morgan fingerprint density at radius 1 is 1.00 bits per heavy atom. The van der Waals surface area contributed by atoms with Crippen LogP contribution in [0.3, 0.4) is 0 Å². The Balaban J connectivity index is 2.02. The summed E-state index contributed by atoms with van der Waals surface area (Å²) in [5.41, 5.74) is 2.50. The van der Waals surface area contributed by atoms with Gasteiger partial charge in [0, 0.05) is 12.6 Å². The van der Waals surface area contributed by atoms with Crippen molar-refractivity contribution in [2.24, 2.45) is 0 Å². The van der Waals surface area contributed by atoms with Crippen molar-refractivity contribution < 1.29 is 9.59 Å². The maximum Gasteiger partial charge on any atom is 0.251 e. The van der Waals surface area contributed by atoms with E-state index in [1.165, 1.54) is 0 Å². The normalized spacial score (nSPS) is 10.2. The van der Waals surface area contributed by atoms with Crippen molar-refractivity contribution in [2.75, 3.05) is 24.2 Å². The largest absolute Gasteiger partial charge is 0.375 e. The molecular formula is C17H17Cl2N3O2. The van der Waals surface area contributed by atoms with Gasteiger partial charge in [-0.3, -0.25) is 9.59 Å². The van der Waals surface area contributed by atoms with Gasteiger partial charge < -0.3 is 16.0 Å². The molecule has 0 fully saturated rings. The van der Waals surface area contributed by atoms with Crippen LogP contribution in [0.5, 0.6) is 0 Å². The van der Waals surface area contributed by atoms with Crippen LogP contribution >= 0.6 is 23.2 Å². The Morgan fingerprint density at radius 2 is 1.75 bits per heavy atom. The summed E-state index contributed by atoms with van der Waals surface area (Å²) in [7, 11) is 1.54. The Kier molecular flexibility index (Phi) is 6.06. The second-order valence-electron chi connectivity index (χ2n) is 5.16. The fourth-order valence-electron chi connectivity index (χ4n) is 2.04. The van der Waals surface area contributed by atoms with Gasteiger partial charge in [0.2, 0.25) is 5.91 Å². The fraction of sp³-hybridized carbons (Fsp3) is 0.176. The average Bonchev–Trinajstić information content (AvgIpc) is 2.56. The molecule has 5 nitrogen and oxygen atoms in total. The van der Waals surface area contributed by atoms with Crippen LogP contribution in [0, 0.1) is 6.92 Å². The Morgan fingerprint density at radius 3 is 2.42 bits per heavy atom. The zero-order valence-corrected chi connectivity index (χ0v) is 14.8. The molecule has 0 aromatic heterocycles. The van der Waals surface area contributed by atoms with Gasteiger partial charge in [-0.1, -0.05) is 29.3 Å². The third-order valence-electron chi connectivity index (χ3n) is 3.29. The van der Waals surface area contributed by atoms with E-state index < -0.39 is 0 Å². The highest BCUT2D eigenvalue weighted by Gasteiger charge is 2.10. The first-order valence-corrected chi connectivity index (χ1v) is 7.98. The van der Waals surface area contributed by atoms with E-state index in [-0.39, 0.29) is 18.4 Å². The lowest BCUT2D eigenvalue weighted by atomic mass is 10.2. The Bertz CT molecular complexity index is 778. The Labute approximate surface area is 150 Å². The number of rotatable bonds is 5. The summed E-state index contributed by atoms with van der Waals surface area (Å²) in [6, 6.07) is 10.2. The summed E-state index contributed by atoms with van der Waals surface area (Å²) in [6.07, 6.45) is 0. The minimum atomic E-state index is -0.276. The van der Waals surface area contributed by atoms with Crippen LogP contribution in [0.2, 0.25) is 10.0 Å². The van der Waals surface area contributed by atoms with Crippen molar-refractivity contribution in [3.8, 4) is 0 Å². The van der Waals surface area contributed by atoms with Gasteiger partial charge >= 0.3 is 0 Å². The van der Waals surface area contributed by atoms with Crippen LogP contribution in [0.15, 0.2) is 36.4 Å². The molecule has 126 valence electrons. The summed E-state index contributed by atoms with van der Waals surface area (Å²) < 4.78 is 0. The number of hydrogen-bond acceptors (Lipinski definition) is 3. The van der Waals surface area contributed by atoms with E-state index in [9.17, 15) is 9.59 Å². The molecule has 0 atom stereocenters. The molecule has 0 saturated carbocycles. The molecule has 2 aromatic carbocycles. The zero-order chi connectivity index (χ0) is 17.7. The van der Waals surface area contributed by atoms with Crippen LogP contribution in [0.25, 0.3) is 0 Å². The number of halogens is 2. The van der Waals surface area contributed by atoms with Gasteiger partial charge in [0.1, 0.15) is 0 Å². The van der Waals surface area contributed by atoms with Crippen molar-refractivity contribution in [3.63, 3.8) is 0 Å². The van der Waals surface area contributed by atoms with Crippen LogP contribution in [0.4, 0.5) is 11.4 Å². The van der Waals surface area contributed by atoms with E-state index >= 15 is 0 Å². The molecule has 0 bridgehead atoms. The first-order chi connectivity index (χ1) is 11.4. The topological polar surface area (TPSA) is 70.2 Å².